The molecule has 20 heavy (non-hydrogen) atoms. The molecule has 0 amide bonds. The topological polar surface area (TPSA) is 72.2 Å². The first-order chi connectivity index (χ1) is 9.40. The van der Waals surface area contributed by atoms with Gasteiger partial charge in [-0.1, -0.05) is 29.9 Å². The average Bonchev–Trinajstić information content (AvgIpc) is 2.39. The molecule has 4 nitrogen and oxygen atoms in total. The molecule has 1 heterocycles. The van der Waals surface area contributed by atoms with Crippen LogP contribution >= 0.6 is 35.6 Å². The average molecular weight is 351 g/mol. The van der Waals surface area contributed by atoms with Crippen LogP contribution in [0, 0.1) is 0 Å². The van der Waals surface area contributed by atoms with E-state index >= 15 is 0 Å². The lowest BCUT2D eigenvalue weighted by Gasteiger charge is -2.22. The third kappa shape index (κ3) is 3.85. The van der Waals surface area contributed by atoms with Gasteiger partial charge in [-0.05, 0) is 30.7 Å². The van der Waals surface area contributed by atoms with E-state index in [1.54, 1.807) is 17.8 Å². The second kappa shape index (κ2) is 6.62. The molecule has 1 atom stereocenters. The SMILES string of the molecule is NC(=S)c1ccc(Cl)c(S(=O)(=O)NC2CCCSC2)c1. The Morgan fingerprint density at radius 3 is 2.85 bits per heavy atom. The van der Waals surface area contributed by atoms with Crippen LogP contribution in [0.25, 0.3) is 0 Å². The first-order valence-electron chi connectivity index (χ1n) is 6.09. The largest absolute Gasteiger partial charge is 0.389 e. The zero-order valence-electron chi connectivity index (χ0n) is 10.6. The van der Waals surface area contributed by atoms with Crippen molar-refractivity contribution in [2.45, 2.75) is 23.8 Å². The van der Waals surface area contributed by atoms with Gasteiger partial charge in [0.1, 0.15) is 9.88 Å². The Labute approximate surface area is 133 Å². The monoisotopic (exact) mass is 350 g/mol. The number of rotatable bonds is 4. The lowest BCUT2D eigenvalue weighted by Crippen LogP contribution is -2.38. The van der Waals surface area contributed by atoms with E-state index in [0.29, 0.717) is 5.56 Å². The summed E-state index contributed by atoms with van der Waals surface area (Å²) < 4.78 is 27.5. The lowest BCUT2D eigenvalue weighted by molar-refractivity contribution is 0.543. The summed E-state index contributed by atoms with van der Waals surface area (Å²) in [5, 5.41) is 0.168. The minimum Gasteiger partial charge on any atom is -0.389 e. The number of benzene rings is 1. The molecule has 1 saturated heterocycles. The second-order valence-electron chi connectivity index (χ2n) is 4.54. The number of thiocarbonyl (C=S) groups is 1. The van der Waals surface area contributed by atoms with Crippen molar-refractivity contribution >= 4 is 50.6 Å². The summed E-state index contributed by atoms with van der Waals surface area (Å²) in [6, 6.07) is 4.48. The highest BCUT2D eigenvalue weighted by atomic mass is 35.5. The van der Waals surface area contributed by atoms with E-state index in [1.807, 2.05) is 0 Å². The summed E-state index contributed by atoms with van der Waals surface area (Å²) in [4.78, 5) is 0.173. The fourth-order valence-corrected chi connectivity index (χ4v) is 5.08. The maximum atomic E-state index is 12.4. The maximum absolute atomic E-state index is 12.4. The second-order valence-corrected chi connectivity index (χ2v) is 8.22. The maximum Gasteiger partial charge on any atom is 0.242 e. The van der Waals surface area contributed by atoms with Crippen LogP contribution in [0.2, 0.25) is 5.02 Å². The Morgan fingerprint density at radius 1 is 1.50 bits per heavy atom. The van der Waals surface area contributed by atoms with E-state index in [4.69, 9.17) is 29.6 Å². The predicted molar refractivity (Wildman–Crippen MR) is 88.0 cm³/mol. The smallest absolute Gasteiger partial charge is 0.242 e. The highest BCUT2D eigenvalue weighted by Gasteiger charge is 2.24. The molecule has 2 rings (SSSR count). The molecule has 1 aliphatic heterocycles. The van der Waals surface area contributed by atoms with Gasteiger partial charge in [0.25, 0.3) is 0 Å². The van der Waals surface area contributed by atoms with E-state index in [2.05, 4.69) is 4.72 Å². The zero-order chi connectivity index (χ0) is 14.8. The Kier molecular flexibility index (Phi) is 5.30. The van der Waals surface area contributed by atoms with Crippen LogP contribution in [0.3, 0.4) is 0 Å². The molecule has 1 aliphatic rings. The van der Waals surface area contributed by atoms with E-state index in [0.717, 1.165) is 24.3 Å². The number of nitrogens with one attached hydrogen (secondary N) is 1. The molecule has 0 aromatic heterocycles. The first-order valence-corrected chi connectivity index (χ1v) is 9.52. The van der Waals surface area contributed by atoms with Crippen molar-refractivity contribution in [1.29, 1.82) is 0 Å². The third-order valence-electron chi connectivity index (χ3n) is 2.99. The number of halogens is 1. The Balaban J connectivity index is 2.28. The standard InChI is InChI=1S/C12H15ClN2O2S3/c13-10-4-3-8(12(14)18)6-11(10)20(16,17)15-9-2-1-5-19-7-9/h3-4,6,9,15H,1-2,5,7H2,(H2,14,18). The van der Waals surface area contributed by atoms with Crippen molar-refractivity contribution in [3.05, 3.63) is 28.8 Å². The molecule has 0 aliphatic carbocycles. The quantitative estimate of drug-likeness (QED) is 0.814. The summed E-state index contributed by atoms with van der Waals surface area (Å²) in [7, 11) is -3.66. The molecule has 1 aromatic carbocycles. The van der Waals surface area contributed by atoms with Crippen LogP contribution in [-0.2, 0) is 10.0 Å². The summed E-state index contributed by atoms with van der Waals surface area (Å²) in [5.41, 5.74) is 6.02. The van der Waals surface area contributed by atoms with Crippen LogP contribution < -0.4 is 10.5 Å². The predicted octanol–water partition coefficient (Wildman–Crippen LogP) is 2.15. The fourth-order valence-electron chi connectivity index (χ4n) is 1.98. The number of thioether (sulfide) groups is 1. The van der Waals surface area contributed by atoms with Crippen molar-refractivity contribution < 1.29 is 8.42 Å². The molecule has 1 unspecified atom stereocenters. The Hall–Kier alpha value is -0.340. The third-order valence-corrected chi connectivity index (χ3v) is 6.44. The molecular weight excluding hydrogens is 336 g/mol. The van der Waals surface area contributed by atoms with E-state index < -0.39 is 10.0 Å². The molecule has 110 valence electrons. The minimum absolute atomic E-state index is 0.0278. The van der Waals surface area contributed by atoms with Gasteiger partial charge in [0.15, 0.2) is 0 Å². The van der Waals surface area contributed by atoms with Gasteiger partial charge in [-0.3, -0.25) is 0 Å². The van der Waals surface area contributed by atoms with Crippen molar-refractivity contribution in [3.63, 3.8) is 0 Å². The molecular formula is C12H15ClN2O2S3. The summed E-state index contributed by atoms with van der Waals surface area (Å²) >= 11 is 12.6. The van der Waals surface area contributed by atoms with Gasteiger partial charge in [-0.2, -0.15) is 11.8 Å². The molecule has 1 aromatic rings. The molecule has 8 heteroatoms. The number of hydrogen-bond donors (Lipinski definition) is 2. The number of nitrogens with two attached hydrogens (primary N) is 1. The van der Waals surface area contributed by atoms with Crippen molar-refractivity contribution in [3.8, 4) is 0 Å². The van der Waals surface area contributed by atoms with Crippen molar-refractivity contribution in [2.75, 3.05) is 11.5 Å². The van der Waals surface area contributed by atoms with Gasteiger partial charge in [-0.25, -0.2) is 13.1 Å². The summed E-state index contributed by atoms with van der Waals surface area (Å²) in [6.45, 7) is 0. The van der Waals surface area contributed by atoms with Crippen molar-refractivity contribution in [2.24, 2.45) is 5.73 Å². The van der Waals surface area contributed by atoms with Gasteiger partial charge >= 0.3 is 0 Å². The van der Waals surface area contributed by atoms with E-state index in [-0.39, 0.29) is 20.9 Å². The van der Waals surface area contributed by atoms with Crippen molar-refractivity contribution in [1.82, 2.24) is 4.72 Å². The van der Waals surface area contributed by atoms with Crippen LogP contribution in [0.4, 0.5) is 0 Å². The Morgan fingerprint density at radius 2 is 2.25 bits per heavy atom. The molecule has 0 radical (unpaired) electrons. The van der Waals surface area contributed by atoms with Gasteiger partial charge in [0.05, 0.1) is 5.02 Å². The zero-order valence-corrected chi connectivity index (χ0v) is 13.8. The fraction of sp³-hybridized carbons (Fsp3) is 0.417. The minimum atomic E-state index is -3.66. The number of hydrogen-bond acceptors (Lipinski definition) is 4. The highest BCUT2D eigenvalue weighted by Crippen LogP contribution is 2.25. The van der Waals surface area contributed by atoms with Crippen LogP contribution in [0.1, 0.15) is 18.4 Å². The normalized spacial score (nSPS) is 19.8. The molecule has 0 spiro atoms. The van der Waals surface area contributed by atoms with Gasteiger partial charge < -0.3 is 5.73 Å². The van der Waals surface area contributed by atoms with Crippen LogP contribution in [0.15, 0.2) is 23.1 Å². The lowest BCUT2D eigenvalue weighted by atomic mass is 10.2. The molecule has 0 saturated carbocycles. The number of sulfonamides is 1. The Bertz CT molecular complexity index is 613. The van der Waals surface area contributed by atoms with E-state index in [1.165, 1.54) is 12.1 Å². The van der Waals surface area contributed by atoms with Gasteiger partial charge in [0, 0.05) is 17.4 Å². The van der Waals surface area contributed by atoms with Crippen LogP contribution in [-0.4, -0.2) is 31.0 Å². The molecule has 3 N–H and O–H groups in total. The first kappa shape index (κ1) is 16.0. The van der Waals surface area contributed by atoms with Gasteiger partial charge in [0.2, 0.25) is 10.0 Å². The summed E-state index contributed by atoms with van der Waals surface area (Å²) in [5.74, 6) is 1.86. The molecule has 0 bridgehead atoms. The van der Waals surface area contributed by atoms with Gasteiger partial charge in [-0.15, -0.1) is 0 Å². The van der Waals surface area contributed by atoms with E-state index in [9.17, 15) is 8.42 Å². The summed E-state index contributed by atoms with van der Waals surface area (Å²) in [6.07, 6.45) is 1.86. The molecule has 1 fully saturated rings. The highest BCUT2D eigenvalue weighted by molar-refractivity contribution is 7.99. The van der Waals surface area contributed by atoms with Crippen LogP contribution in [0.5, 0.6) is 0 Å².